The minimum absolute atomic E-state index is 0.230. The summed E-state index contributed by atoms with van der Waals surface area (Å²) in [5.74, 6) is 0.935. The van der Waals surface area contributed by atoms with Gasteiger partial charge in [-0.1, -0.05) is 23.2 Å². The lowest BCUT2D eigenvalue weighted by molar-refractivity contribution is -0.195. The third kappa shape index (κ3) is 5.84. The summed E-state index contributed by atoms with van der Waals surface area (Å²) in [6.07, 6.45) is 4.86. The molecule has 5 nitrogen and oxygen atoms in total. The van der Waals surface area contributed by atoms with E-state index in [1.54, 1.807) is 35.0 Å². The van der Waals surface area contributed by atoms with E-state index in [4.69, 9.17) is 32.8 Å². The predicted octanol–water partition coefficient (Wildman–Crippen LogP) is 4.63. The number of ether oxygens (including phenoxy) is 1. The third-order valence-corrected chi connectivity index (χ3v) is 5.61. The molecule has 0 atom stereocenters. The van der Waals surface area contributed by atoms with Gasteiger partial charge in [0.2, 0.25) is 0 Å². The van der Waals surface area contributed by atoms with Gasteiger partial charge in [0.1, 0.15) is 5.75 Å². The van der Waals surface area contributed by atoms with Gasteiger partial charge in [-0.25, -0.2) is 4.79 Å². The van der Waals surface area contributed by atoms with Crippen LogP contribution in [-0.4, -0.2) is 35.7 Å². The molecule has 0 amide bonds. The molecular weight excluding hydrogens is 395 g/mol. The summed E-state index contributed by atoms with van der Waals surface area (Å²) in [5, 5.41) is 2.93. The molecule has 0 radical (unpaired) electrons. The van der Waals surface area contributed by atoms with Crippen molar-refractivity contribution in [3.63, 3.8) is 0 Å². The van der Waals surface area contributed by atoms with Crippen LogP contribution >= 0.6 is 34.5 Å². The summed E-state index contributed by atoms with van der Waals surface area (Å²) >= 11 is 13.5. The lowest BCUT2D eigenvalue weighted by atomic mass is 9.95. The lowest BCUT2D eigenvalue weighted by Gasteiger charge is -2.30. The molecule has 26 heavy (non-hydrogen) atoms. The first kappa shape index (κ1) is 19.4. The Kier molecular flexibility index (Phi) is 7.14. The molecule has 3 rings (SSSR count). The van der Waals surface area contributed by atoms with Crippen molar-refractivity contribution >= 4 is 40.5 Å². The fourth-order valence-electron chi connectivity index (χ4n) is 2.86. The first-order valence-corrected chi connectivity index (χ1v) is 10.1. The van der Waals surface area contributed by atoms with Crippen molar-refractivity contribution < 1.29 is 14.4 Å². The van der Waals surface area contributed by atoms with Gasteiger partial charge in [-0.3, -0.25) is 4.98 Å². The van der Waals surface area contributed by atoms with Gasteiger partial charge in [-0.05, 0) is 37.3 Å². The monoisotopic (exact) mass is 414 g/mol. The highest BCUT2D eigenvalue weighted by atomic mass is 35.5. The van der Waals surface area contributed by atoms with E-state index in [0.29, 0.717) is 28.3 Å². The van der Waals surface area contributed by atoms with Crippen molar-refractivity contribution in [2.75, 3.05) is 19.7 Å². The van der Waals surface area contributed by atoms with E-state index >= 15 is 0 Å². The fourth-order valence-corrected chi connectivity index (χ4v) is 3.77. The maximum atomic E-state index is 11.9. The van der Waals surface area contributed by atoms with Gasteiger partial charge >= 0.3 is 5.97 Å². The summed E-state index contributed by atoms with van der Waals surface area (Å²) in [4.78, 5) is 22.2. The van der Waals surface area contributed by atoms with Gasteiger partial charge in [0.05, 0.1) is 23.6 Å². The van der Waals surface area contributed by atoms with E-state index in [1.807, 2.05) is 0 Å². The van der Waals surface area contributed by atoms with E-state index in [0.717, 1.165) is 37.2 Å². The first-order valence-electron chi connectivity index (χ1n) is 8.51. The van der Waals surface area contributed by atoms with Crippen molar-refractivity contribution in [3.8, 4) is 5.75 Å². The summed E-state index contributed by atoms with van der Waals surface area (Å²) in [7, 11) is 0. The smallest absolute Gasteiger partial charge is 0.330 e. The molecule has 1 aliphatic rings. The van der Waals surface area contributed by atoms with Crippen molar-refractivity contribution in [2.45, 2.75) is 25.7 Å². The van der Waals surface area contributed by atoms with Crippen LogP contribution in [-0.2, 0) is 16.1 Å². The largest absolute Gasteiger partial charge is 0.492 e. The maximum Gasteiger partial charge on any atom is 0.330 e. The van der Waals surface area contributed by atoms with Gasteiger partial charge in [0, 0.05) is 35.3 Å². The number of thiazole rings is 1. The molecule has 0 saturated carbocycles. The fraction of sp³-hybridized carbons (Fsp3) is 0.444. The van der Waals surface area contributed by atoms with Crippen molar-refractivity contribution in [2.24, 2.45) is 5.92 Å². The molecule has 0 N–H and O–H groups in total. The third-order valence-electron chi connectivity index (χ3n) is 4.28. The number of aromatic nitrogens is 1. The Hall–Kier alpha value is -1.34. The van der Waals surface area contributed by atoms with Gasteiger partial charge in [-0.2, -0.15) is 0 Å². The second-order valence-electron chi connectivity index (χ2n) is 6.19. The maximum absolute atomic E-state index is 11.9. The van der Waals surface area contributed by atoms with Crippen LogP contribution in [0, 0.1) is 5.92 Å². The molecule has 1 aliphatic heterocycles. The Morgan fingerprint density at radius 2 is 2.12 bits per heavy atom. The Morgan fingerprint density at radius 3 is 2.85 bits per heavy atom. The van der Waals surface area contributed by atoms with Crippen LogP contribution in [0.25, 0.3) is 0 Å². The second-order valence-corrected chi connectivity index (χ2v) is 8.01. The van der Waals surface area contributed by atoms with Crippen LogP contribution in [0.4, 0.5) is 0 Å². The Bertz CT molecular complexity index is 719. The molecule has 0 aliphatic carbocycles. The summed E-state index contributed by atoms with van der Waals surface area (Å²) in [6, 6.07) is 5.20. The lowest BCUT2D eigenvalue weighted by Crippen LogP contribution is -2.36. The molecule has 8 heteroatoms. The Morgan fingerprint density at radius 1 is 1.31 bits per heavy atom. The van der Waals surface area contributed by atoms with Crippen LogP contribution < -0.4 is 4.74 Å². The molecule has 2 heterocycles. The second kappa shape index (κ2) is 9.55. The summed E-state index contributed by atoms with van der Waals surface area (Å²) in [6.45, 7) is 2.09. The average molecular weight is 415 g/mol. The number of piperidine rings is 1. The first-order chi connectivity index (χ1) is 12.6. The number of hydrogen-bond donors (Lipinski definition) is 0. The van der Waals surface area contributed by atoms with Crippen LogP contribution in [0.1, 0.15) is 24.1 Å². The molecule has 0 spiro atoms. The highest BCUT2D eigenvalue weighted by Crippen LogP contribution is 2.28. The van der Waals surface area contributed by atoms with Crippen molar-refractivity contribution in [1.29, 1.82) is 0 Å². The van der Waals surface area contributed by atoms with E-state index in [2.05, 4.69) is 4.98 Å². The standard InChI is InChI=1S/C18H20Cl2N2O3S/c19-14-1-2-16(20)17(9-14)24-8-5-13-3-6-22(7-4-13)25-18(23)10-15-11-21-12-26-15/h1-2,9,11-13H,3-8,10H2. The zero-order valence-electron chi connectivity index (χ0n) is 14.2. The SMILES string of the molecule is O=C(Cc1cncs1)ON1CCC(CCOc2cc(Cl)ccc2Cl)CC1. The Balaban J connectivity index is 1.34. The highest BCUT2D eigenvalue weighted by molar-refractivity contribution is 7.09. The van der Waals surface area contributed by atoms with E-state index < -0.39 is 0 Å². The predicted molar refractivity (Wildman–Crippen MR) is 103 cm³/mol. The number of rotatable bonds is 7. The zero-order valence-corrected chi connectivity index (χ0v) is 16.5. The van der Waals surface area contributed by atoms with E-state index in [9.17, 15) is 4.79 Å². The number of hydroxylamine groups is 2. The van der Waals surface area contributed by atoms with E-state index in [-0.39, 0.29) is 12.4 Å². The van der Waals surface area contributed by atoms with Crippen molar-refractivity contribution in [3.05, 3.63) is 44.8 Å². The van der Waals surface area contributed by atoms with Gasteiger partial charge in [-0.15, -0.1) is 16.4 Å². The average Bonchev–Trinajstić information content (AvgIpc) is 3.12. The number of carbonyl (C=O) groups excluding carboxylic acids is 1. The molecule has 0 unspecified atom stereocenters. The normalized spacial score (nSPS) is 15.8. The summed E-state index contributed by atoms with van der Waals surface area (Å²) in [5.41, 5.74) is 1.72. The molecule has 140 valence electrons. The molecule has 1 aromatic carbocycles. The number of nitrogens with zero attached hydrogens (tertiary/aromatic N) is 2. The number of hydrogen-bond acceptors (Lipinski definition) is 6. The molecule has 0 bridgehead atoms. The van der Waals surface area contributed by atoms with Gasteiger partial charge in [0.15, 0.2) is 0 Å². The minimum atomic E-state index is -0.230. The number of benzene rings is 1. The molecule has 1 saturated heterocycles. The number of carbonyl (C=O) groups is 1. The molecule has 1 fully saturated rings. The summed E-state index contributed by atoms with van der Waals surface area (Å²) < 4.78 is 5.75. The van der Waals surface area contributed by atoms with Crippen LogP contribution in [0.15, 0.2) is 29.9 Å². The highest BCUT2D eigenvalue weighted by Gasteiger charge is 2.22. The van der Waals surface area contributed by atoms with Crippen LogP contribution in [0.3, 0.4) is 0 Å². The molecular formula is C18H20Cl2N2O3S. The van der Waals surface area contributed by atoms with Crippen molar-refractivity contribution in [1.82, 2.24) is 10.0 Å². The van der Waals surface area contributed by atoms with Gasteiger partial charge in [0.25, 0.3) is 0 Å². The topological polar surface area (TPSA) is 51.7 Å². The number of halogens is 2. The minimum Gasteiger partial charge on any atom is -0.492 e. The zero-order chi connectivity index (χ0) is 18.4. The van der Waals surface area contributed by atoms with E-state index in [1.165, 1.54) is 11.3 Å². The van der Waals surface area contributed by atoms with Gasteiger partial charge < -0.3 is 9.57 Å². The van der Waals surface area contributed by atoms with Crippen LogP contribution in [0.2, 0.25) is 10.0 Å². The molecule has 2 aromatic rings. The Labute approximate surface area is 166 Å². The molecule has 1 aromatic heterocycles. The van der Waals surface area contributed by atoms with Crippen LogP contribution in [0.5, 0.6) is 5.75 Å². The quantitative estimate of drug-likeness (QED) is 0.660.